The van der Waals surface area contributed by atoms with Gasteiger partial charge < -0.3 is 21.1 Å². The molecule has 1 amide bonds. The van der Waals surface area contributed by atoms with E-state index < -0.39 is 6.04 Å². The van der Waals surface area contributed by atoms with Crippen LogP contribution in [-0.2, 0) is 9.53 Å². The number of benzene rings is 1. The van der Waals surface area contributed by atoms with Crippen molar-refractivity contribution in [2.75, 3.05) is 24.2 Å². The van der Waals surface area contributed by atoms with E-state index in [1.807, 2.05) is 6.92 Å². The fraction of sp³-hybridized carbons (Fsp3) is 0.429. The van der Waals surface area contributed by atoms with Crippen LogP contribution in [0.5, 0.6) is 0 Å². The lowest BCUT2D eigenvalue weighted by Crippen LogP contribution is -2.30. The Morgan fingerprint density at radius 3 is 2.65 bits per heavy atom. The van der Waals surface area contributed by atoms with Crippen LogP contribution in [-0.4, -0.2) is 31.1 Å². The molecular weight excluding hydrogens is 258 g/mol. The van der Waals surface area contributed by atoms with Gasteiger partial charge >= 0.3 is 5.97 Å². The van der Waals surface area contributed by atoms with Crippen LogP contribution in [0.25, 0.3) is 0 Å². The maximum atomic E-state index is 11.9. The molecule has 1 aromatic rings. The first-order valence-electron chi connectivity index (χ1n) is 6.60. The lowest BCUT2D eigenvalue weighted by Gasteiger charge is -2.17. The van der Waals surface area contributed by atoms with Gasteiger partial charge in [-0.05, 0) is 39.0 Å². The number of nitrogens with two attached hydrogens (primary N) is 1. The Kier molecular flexibility index (Phi) is 5.83. The van der Waals surface area contributed by atoms with Gasteiger partial charge in [0.1, 0.15) is 6.04 Å². The van der Waals surface area contributed by atoms with E-state index in [0.29, 0.717) is 30.1 Å². The highest BCUT2D eigenvalue weighted by molar-refractivity contribution is 6.00. The Hall–Kier alpha value is -2.24. The van der Waals surface area contributed by atoms with Crippen molar-refractivity contribution >= 4 is 23.3 Å². The predicted octanol–water partition coefficient (Wildman–Crippen LogP) is 1.38. The minimum atomic E-state index is -0.565. The van der Waals surface area contributed by atoms with Crippen molar-refractivity contribution in [1.29, 1.82) is 0 Å². The molecule has 0 saturated heterocycles. The van der Waals surface area contributed by atoms with Crippen LogP contribution in [0.1, 0.15) is 31.1 Å². The van der Waals surface area contributed by atoms with Crippen molar-refractivity contribution in [2.45, 2.75) is 26.8 Å². The van der Waals surface area contributed by atoms with Crippen LogP contribution in [0.15, 0.2) is 18.2 Å². The third kappa shape index (κ3) is 4.15. The van der Waals surface area contributed by atoms with E-state index in [1.165, 1.54) is 0 Å². The molecule has 0 aliphatic carbocycles. The van der Waals surface area contributed by atoms with Gasteiger partial charge in [0.15, 0.2) is 0 Å². The zero-order chi connectivity index (χ0) is 15.1. The van der Waals surface area contributed by atoms with Gasteiger partial charge in [0.05, 0.1) is 12.2 Å². The predicted molar refractivity (Wildman–Crippen MR) is 78.6 cm³/mol. The quantitative estimate of drug-likeness (QED) is 0.540. The molecule has 0 spiro atoms. The first kappa shape index (κ1) is 15.8. The zero-order valence-corrected chi connectivity index (χ0v) is 12.0. The maximum absolute atomic E-state index is 11.9. The summed E-state index contributed by atoms with van der Waals surface area (Å²) in [6.07, 6.45) is 0. The van der Waals surface area contributed by atoms with Crippen molar-refractivity contribution in [3.63, 3.8) is 0 Å². The topological polar surface area (TPSA) is 93.5 Å². The lowest BCUT2D eigenvalue weighted by atomic mass is 10.1. The summed E-state index contributed by atoms with van der Waals surface area (Å²) in [4.78, 5) is 23.6. The molecule has 0 aromatic heterocycles. The third-order valence-electron chi connectivity index (χ3n) is 2.64. The summed E-state index contributed by atoms with van der Waals surface area (Å²) in [5.74, 6) is -0.595. The molecule has 1 aromatic carbocycles. The number of ether oxygens (including phenoxy) is 1. The van der Waals surface area contributed by atoms with E-state index in [1.54, 1.807) is 32.0 Å². The number of carbonyl (C=O) groups is 2. The number of amides is 1. The lowest BCUT2D eigenvalue weighted by molar-refractivity contribution is -0.143. The molecule has 0 aliphatic rings. The van der Waals surface area contributed by atoms with Crippen molar-refractivity contribution in [1.82, 2.24) is 5.32 Å². The molecule has 1 rings (SSSR count). The largest absolute Gasteiger partial charge is 0.464 e. The minimum Gasteiger partial charge on any atom is -0.464 e. The molecule has 0 bridgehead atoms. The van der Waals surface area contributed by atoms with Crippen molar-refractivity contribution in [3.8, 4) is 0 Å². The van der Waals surface area contributed by atoms with Gasteiger partial charge in [-0.15, -0.1) is 0 Å². The van der Waals surface area contributed by atoms with Crippen molar-refractivity contribution in [3.05, 3.63) is 23.8 Å². The Morgan fingerprint density at radius 1 is 1.35 bits per heavy atom. The van der Waals surface area contributed by atoms with E-state index in [-0.39, 0.29) is 11.9 Å². The molecule has 6 nitrogen and oxygen atoms in total. The maximum Gasteiger partial charge on any atom is 0.328 e. The van der Waals surface area contributed by atoms with E-state index in [0.717, 1.165) is 0 Å². The van der Waals surface area contributed by atoms with Crippen LogP contribution in [0.3, 0.4) is 0 Å². The number of nitrogens with one attached hydrogen (secondary N) is 2. The first-order valence-corrected chi connectivity index (χ1v) is 6.60. The van der Waals surface area contributed by atoms with E-state index in [2.05, 4.69) is 10.6 Å². The minimum absolute atomic E-state index is 0.217. The van der Waals surface area contributed by atoms with E-state index >= 15 is 0 Å². The summed E-state index contributed by atoms with van der Waals surface area (Å²) < 4.78 is 4.92. The summed E-state index contributed by atoms with van der Waals surface area (Å²) >= 11 is 0. The molecule has 20 heavy (non-hydrogen) atoms. The first-order chi connectivity index (χ1) is 9.49. The van der Waals surface area contributed by atoms with Gasteiger partial charge in [-0.1, -0.05) is 0 Å². The van der Waals surface area contributed by atoms with Crippen LogP contribution in [0.2, 0.25) is 0 Å². The van der Waals surface area contributed by atoms with Gasteiger partial charge in [0, 0.05) is 17.9 Å². The van der Waals surface area contributed by atoms with Gasteiger partial charge in [0.2, 0.25) is 0 Å². The molecule has 4 N–H and O–H groups in total. The molecule has 6 heteroatoms. The van der Waals surface area contributed by atoms with Gasteiger partial charge in [-0.25, -0.2) is 4.79 Å². The average molecular weight is 279 g/mol. The monoisotopic (exact) mass is 279 g/mol. The number of rotatable bonds is 6. The molecular formula is C14H21N3O3. The number of anilines is 2. The van der Waals surface area contributed by atoms with Crippen LogP contribution < -0.4 is 16.4 Å². The normalized spacial score (nSPS) is 11.6. The van der Waals surface area contributed by atoms with Crippen molar-refractivity contribution < 1.29 is 14.3 Å². The number of carbonyl (C=O) groups excluding carboxylic acids is 2. The number of esters is 1. The third-order valence-corrected chi connectivity index (χ3v) is 2.64. The fourth-order valence-electron chi connectivity index (χ4n) is 1.69. The van der Waals surface area contributed by atoms with Gasteiger partial charge in [-0.3, -0.25) is 4.79 Å². The molecule has 0 aliphatic heterocycles. The highest BCUT2D eigenvalue weighted by Crippen LogP contribution is 2.20. The molecule has 0 radical (unpaired) electrons. The SMILES string of the molecule is CCNC(=O)c1ccc(N)cc1NC(C)C(=O)OCC. The summed E-state index contributed by atoms with van der Waals surface area (Å²) in [6, 6.07) is 4.33. The summed E-state index contributed by atoms with van der Waals surface area (Å²) in [5.41, 5.74) is 7.19. The second-order valence-electron chi connectivity index (χ2n) is 4.28. The Balaban J connectivity index is 2.95. The molecule has 0 fully saturated rings. The zero-order valence-electron chi connectivity index (χ0n) is 12.0. The molecule has 1 unspecified atom stereocenters. The number of nitrogen functional groups attached to an aromatic ring is 1. The standard InChI is InChI=1S/C14H21N3O3/c1-4-16-13(18)11-7-6-10(15)8-12(11)17-9(3)14(19)20-5-2/h6-9,17H,4-5,15H2,1-3H3,(H,16,18). The van der Waals surface area contributed by atoms with Crippen LogP contribution >= 0.6 is 0 Å². The summed E-state index contributed by atoms with van der Waals surface area (Å²) in [6.45, 7) is 6.08. The second kappa shape index (κ2) is 7.37. The van der Waals surface area contributed by atoms with E-state index in [9.17, 15) is 9.59 Å². The van der Waals surface area contributed by atoms with Gasteiger partial charge in [0.25, 0.3) is 5.91 Å². The molecule has 1 atom stereocenters. The Morgan fingerprint density at radius 2 is 2.05 bits per heavy atom. The highest BCUT2D eigenvalue weighted by Gasteiger charge is 2.17. The molecule has 0 saturated carbocycles. The number of hydrogen-bond acceptors (Lipinski definition) is 5. The summed E-state index contributed by atoms with van der Waals surface area (Å²) in [7, 11) is 0. The number of hydrogen-bond donors (Lipinski definition) is 3. The molecule has 110 valence electrons. The van der Waals surface area contributed by atoms with Crippen LogP contribution in [0, 0.1) is 0 Å². The Labute approximate surface area is 118 Å². The van der Waals surface area contributed by atoms with Crippen molar-refractivity contribution in [2.24, 2.45) is 0 Å². The summed E-state index contributed by atoms with van der Waals surface area (Å²) in [5, 5.41) is 5.67. The highest BCUT2D eigenvalue weighted by atomic mass is 16.5. The van der Waals surface area contributed by atoms with Gasteiger partial charge in [-0.2, -0.15) is 0 Å². The fourth-order valence-corrected chi connectivity index (χ4v) is 1.69. The van der Waals surface area contributed by atoms with E-state index in [4.69, 9.17) is 10.5 Å². The van der Waals surface area contributed by atoms with Crippen LogP contribution in [0.4, 0.5) is 11.4 Å². The second-order valence-corrected chi connectivity index (χ2v) is 4.28. The smallest absolute Gasteiger partial charge is 0.328 e. The molecule has 0 heterocycles. The average Bonchev–Trinajstić information content (AvgIpc) is 2.39. The Bertz CT molecular complexity index is 489.